The molecule has 0 spiro atoms. The molecule has 2 nitrogen and oxygen atoms in total. The highest BCUT2D eigenvalue weighted by atomic mass is 16.3. The number of aliphatic hydroxyl groups is 2. The van der Waals surface area contributed by atoms with Gasteiger partial charge in [-0.3, -0.25) is 0 Å². The van der Waals surface area contributed by atoms with E-state index in [-0.39, 0.29) is 18.1 Å². The summed E-state index contributed by atoms with van der Waals surface area (Å²) in [6.45, 7) is 0.0984. The summed E-state index contributed by atoms with van der Waals surface area (Å²) in [4.78, 5) is 0. The van der Waals surface area contributed by atoms with Crippen LogP contribution in [0.3, 0.4) is 0 Å². The summed E-state index contributed by atoms with van der Waals surface area (Å²) in [5.74, 6) is 0.530. The van der Waals surface area contributed by atoms with E-state index in [1.165, 1.54) is 0 Å². The van der Waals surface area contributed by atoms with Crippen molar-refractivity contribution in [1.29, 1.82) is 0 Å². The van der Waals surface area contributed by atoms with Crippen molar-refractivity contribution in [2.45, 2.75) is 18.9 Å². The van der Waals surface area contributed by atoms with Crippen LogP contribution in [0.2, 0.25) is 0 Å². The van der Waals surface area contributed by atoms with Crippen molar-refractivity contribution in [3.8, 4) is 0 Å². The predicted octanol–water partition coefficient (Wildman–Crippen LogP) is 0.306. The molecule has 0 amide bonds. The number of hydrogen-bond acceptors (Lipinski definition) is 2. The minimum Gasteiger partial charge on any atom is -0.395 e. The van der Waals surface area contributed by atoms with Gasteiger partial charge >= 0.3 is 0 Å². The third-order valence-electron chi connectivity index (χ3n) is 2.83. The quantitative estimate of drug-likeness (QED) is 0.514. The average Bonchev–Trinajstić information content (AvgIpc) is 2.44. The Kier molecular flexibility index (Phi) is 1.17. The Hall–Kier alpha value is -0.340. The maximum Gasteiger partial charge on any atom is 0.0658 e. The Morgan fingerprint density at radius 2 is 2.40 bits per heavy atom. The summed E-state index contributed by atoms with van der Waals surface area (Å²) in [6.07, 6.45) is 5.59. The molecule has 0 aromatic heterocycles. The summed E-state index contributed by atoms with van der Waals surface area (Å²) < 4.78 is 0. The van der Waals surface area contributed by atoms with Crippen LogP contribution in [-0.2, 0) is 0 Å². The second-order valence-corrected chi connectivity index (χ2v) is 3.47. The van der Waals surface area contributed by atoms with Crippen LogP contribution in [0.5, 0.6) is 0 Å². The summed E-state index contributed by atoms with van der Waals surface area (Å²) in [7, 11) is 0. The lowest BCUT2D eigenvalue weighted by atomic mass is 9.86. The fourth-order valence-corrected chi connectivity index (χ4v) is 2.11. The Bertz CT molecular complexity index is 176. The molecule has 2 rings (SSSR count). The minimum absolute atomic E-state index is 0.0984. The molecule has 0 saturated heterocycles. The molecule has 2 aliphatic carbocycles. The molecule has 2 bridgehead atoms. The van der Waals surface area contributed by atoms with Gasteiger partial charge in [-0.15, -0.1) is 0 Å². The van der Waals surface area contributed by atoms with Crippen LogP contribution in [0.15, 0.2) is 12.2 Å². The SMILES string of the molecule is OCC12C=CC(CC1O)C2. The van der Waals surface area contributed by atoms with Crippen LogP contribution in [0.25, 0.3) is 0 Å². The van der Waals surface area contributed by atoms with Crippen molar-refractivity contribution in [2.75, 3.05) is 6.61 Å². The van der Waals surface area contributed by atoms with Crippen molar-refractivity contribution in [2.24, 2.45) is 11.3 Å². The molecule has 2 N–H and O–H groups in total. The van der Waals surface area contributed by atoms with Crippen LogP contribution in [0.4, 0.5) is 0 Å². The zero-order valence-electron chi connectivity index (χ0n) is 5.83. The molecule has 2 heteroatoms. The topological polar surface area (TPSA) is 40.5 Å². The van der Waals surface area contributed by atoms with Gasteiger partial charge < -0.3 is 10.2 Å². The molecule has 10 heavy (non-hydrogen) atoms. The first-order valence-electron chi connectivity index (χ1n) is 3.75. The zero-order chi connectivity index (χ0) is 7.19. The first-order chi connectivity index (χ1) is 4.77. The Labute approximate surface area is 60.2 Å². The average molecular weight is 140 g/mol. The Balaban J connectivity index is 2.28. The van der Waals surface area contributed by atoms with E-state index in [0.717, 1.165) is 12.8 Å². The zero-order valence-corrected chi connectivity index (χ0v) is 5.83. The van der Waals surface area contributed by atoms with Gasteiger partial charge in [-0.1, -0.05) is 12.2 Å². The van der Waals surface area contributed by atoms with E-state index in [4.69, 9.17) is 5.11 Å². The molecular formula is C8H12O2. The first kappa shape index (κ1) is 6.38. The van der Waals surface area contributed by atoms with Gasteiger partial charge in [0, 0.05) is 5.41 Å². The van der Waals surface area contributed by atoms with Gasteiger partial charge in [0.15, 0.2) is 0 Å². The first-order valence-corrected chi connectivity index (χ1v) is 3.75. The van der Waals surface area contributed by atoms with Gasteiger partial charge in [0.1, 0.15) is 0 Å². The maximum absolute atomic E-state index is 9.46. The van der Waals surface area contributed by atoms with Crippen LogP contribution >= 0.6 is 0 Å². The Morgan fingerprint density at radius 1 is 1.60 bits per heavy atom. The smallest absolute Gasteiger partial charge is 0.0658 e. The molecule has 2 aliphatic rings. The standard InChI is InChI=1S/C8H12O2/c9-5-8-2-1-6(4-8)3-7(8)10/h1-2,6-7,9-10H,3-5H2. The van der Waals surface area contributed by atoms with Gasteiger partial charge in [0.25, 0.3) is 0 Å². The molecule has 1 fully saturated rings. The monoisotopic (exact) mass is 140 g/mol. The fraction of sp³-hybridized carbons (Fsp3) is 0.750. The van der Waals surface area contributed by atoms with Crippen LogP contribution < -0.4 is 0 Å². The molecule has 0 aliphatic heterocycles. The summed E-state index contributed by atoms with van der Waals surface area (Å²) in [6, 6.07) is 0. The number of allylic oxidation sites excluding steroid dienone is 1. The maximum atomic E-state index is 9.46. The van der Waals surface area contributed by atoms with E-state index in [1.807, 2.05) is 6.08 Å². The molecule has 0 aromatic carbocycles. The third-order valence-corrected chi connectivity index (χ3v) is 2.83. The fourth-order valence-electron chi connectivity index (χ4n) is 2.11. The van der Waals surface area contributed by atoms with Crippen molar-refractivity contribution in [3.05, 3.63) is 12.2 Å². The second kappa shape index (κ2) is 1.83. The van der Waals surface area contributed by atoms with Crippen LogP contribution in [0.1, 0.15) is 12.8 Å². The minimum atomic E-state index is -0.299. The van der Waals surface area contributed by atoms with E-state index in [2.05, 4.69) is 6.08 Å². The number of rotatable bonds is 1. The van der Waals surface area contributed by atoms with Gasteiger partial charge in [-0.05, 0) is 18.8 Å². The molecular weight excluding hydrogens is 128 g/mol. The number of hydrogen-bond donors (Lipinski definition) is 2. The third kappa shape index (κ3) is 0.607. The molecule has 0 radical (unpaired) electrons. The Morgan fingerprint density at radius 3 is 2.70 bits per heavy atom. The highest BCUT2D eigenvalue weighted by Gasteiger charge is 2.47. The lowest BCUT2D eigenvalue weighted by Crippen LogP contribution is -2.31. The van der Waals surface area contributed by atoms with Crippen molar-refractivity contribution >= 4 is 0 Å². The summed E-state index contributed by atoms with van der Waals surface area (Å²) in [5, 5.41) is 18.5. The molecule has 56 valence electrons. The number of fused-ring (bicyclic) bond motifs is 2. The van der Waals surface area contributed by atoms with Gasteiger partial charge in [0.05, 0.1) is 12.7 Å². The van der Waals surface area contributed by atoms with Crippen molar-refractivity contribution in [3.63, 3.8) is 0 Å². The van der Waals surface area contributed by atoms with Gasteiger partial charge in [-0.25, -0.2) is 0 Å². The lowest BCUT2D eigenvalue weighted by Gasteiger charge is -2.25. The molecule has 1 saturated carbocycles. The summed E-state index contributed by atoms with van der Waals surface area (Å²) in [5.41, 5.74) is -0.259. The molecule has 0 heterocycles. The predicted molar refractivity (Wildman–Crippen MR) is 37.4 cm³/mol. The number of aliphatic hydroxyl groups excluding tert-OH is 2. The molecule has 3 atom stereocenters. The highest BCUT2D eigenvalue weighted by Crippen LogP contribution is 2.48. The van der Waals surface area contributed by atoms with E-state index in [0.29, 0.717) is 5.92 Å². The van der Waals surface area contributed by atoms with Gasteiger partial charge in [0.2, 0.25) is 0 Å². The molecule has 0 aromatic rings. The largest absolute Gasteiger partial charge is 0.395 e. The van der Waals surface area contributed by atoms with Crippen molar-refractivity contribution < 1.29 is 10.2 Å². The normalized spacial score (nSPS) is 50.6. The van der Waals surface area contributed by atoms with Crippen LogP contribution in [-0.4, -0.2) is 22.9 Å². The van der Waals surface area contributed by atoms with Gasteiger partial charge in [-0.2, -0.15) is 0 Å². The molecule has 3 unspecified atom stereocenters. The highest BCUT2D eigenvalue weighted by molar-refractivity contribution is 5.19. The van der Waals surface area contributed by atoms with E-state index in [9.17, 15) is 5.11 Å². The second-order valence-electron chi connectivity index (χ2n) is 3.47. The summed E-state index contributed by atoms with van der Waals surface area (Å²) >= 11 is 0. The van der Waals surface area contributed by atoms with E-state index in [1.54, 1.807) is 0 Å². The van der Waals surface area contributed by atoms with E-state index >= 15 is 0 Å². The van der Waals surface area contributed by atoms with Crippen molar-refractivity contribution in [1.82, 2.24) is 0 Å². The lowest BCUT2D eigenvalue weighted by molar-refractivity contribution is 0.0405. The van der Waals surface area contributed by atoms with E-state index < -0.39 is 0 Å². The van der Waals surface area contributed by atoms with Crippen LogP contribution in [0, 0.1) is 11.3 Å².